The molecular formula is C17H20Si. The monoisotopic (exact) mass is 252 g/mol. The Morgan fingerprint density at radius 3 is 1.67 bits per heavy atom. The second kappa shape index (κ2) is 6.55. The van der Waals surface area contributed by atoms with Crippen molar-refractivity contribution in [2.24, 2.45) is 0 Å². The first kappa shape index (κ1) is 13.1. The second-order valence-electron chi connectivity index (χ2n) is 4.53. The van der Waals surface area contributed by atoms with Crippen LogP contribution in [0, 0.1) is 0 Å². The molecule has 0 aliphatic rings. The molecule has 2 aromatic carbocycles. The first-order chi connectivity index (χ1) is 8.83. The van der Waals surface area contributed by atoms with Gasteiger partial charge in [0.15, 0.2) is 0 Å². The van der Waals surface area contributed by atoms with Crippen LogP contribution in [0.15, 0.2) is 48.5 Å². The van der Waals surface area contributed by atoms with Gasteiger partial charge in [0.2, 0.25) is 0 Å². The molecule has 0 spiro atoms. The van der Waals surface area contributed by atoms with Crippen molar-refractivity contribution in [3.8, 4) is 11.1 Å². The molecule has 2 aromatic rings. The van der Waals surface area contributed by atoms with Gasteiger partial charge in [-0.1, -0.05) is 74.0 Å². The quantitative estimate of drug-likeness (QED) is 0.684. The number of aryl methyl sites for hydroxylation is 1. The molecule has 2 radical (unpaired) electrons. The molecule has 0 saturated carbocycles. The van der Waals surface area contributed by atoms with Crippen LogP contribution in [0.5, 0.6) is 0 Å². The van der Waals surface area contributed by atoms with Crippen LogP contribution >= 0.6 is 0 Å². The molecule has 0 saturated heterocycles. The Morgan fingerprint density at radius 2 is 1.22 bits per heavy atom. The lowest BCUT2D eigenvalue weighted by atomic mass is 10.0. The fourth-order valence-corrected chi connectivity index (χ4v) is 2.79. The summed E-state index contributed by atoms with van der Waals surface area (Å²) in [5.74, 6) is 0. The first-order valence-corrected chi connectivity index (χ1v) is 8.14. The average molecular weight is 252 g/mol. The zero-order chi connectivity index (χ0) is 12.8. The molecule has 18 heavy (non-hydrogen) atoms. The second-order valence-corrected chi connectivity index (χ2v) is 6.09. The van der Waals surface area contributed by atoms with Crippen LogP contribution in [0.1, 0.15) is 25.0 Å². The van der Waals surface area contributed by atoms with Crippen molar-refractivity contribution in [2.75, 3.05) is 0 Å². The molecule has 0 bridgehead atoms. The van der Waals surface area contributed by atoms with E-state index in [0.717, 1.165) is 15.9 Å². The topological polar surface area (TPSA) is 0 Å². The van der Waals surface area contributed by atoms with Crippen LogP contribution in [0.2, 0.25) is 6.04 Å². The Bertz CT molecular complexity index is 468. The summed E-state index contributed by atoms with van der Waals surface area (Å²) in [5, 5.41) is 0. The van der Waals surface area contributed by atoms with Gasteiger partial charge in [-0.25, -0.2) is 0 Å². The van der Waals surface area contributed by atoms with Gasteiger partial charge in [0.1, 0.15) is 0 Å². The first-order valence-electron chi connectivity index (χ1n) is 6.72. The molecule has 0 aromatic heterocycles. The van der Waals surface area contributed by atoms with Gasteiger partial charge in [-0.05, 0) is 29.2 Å². The summed E-state index contributed by atoms with van der Waals surface area (Å²) in [4.78, 5) is 0. The normalized spacial score (nSPS) is 10.6. The predicted molar refractivity (Wildman–Crippen MR) is 81.2 cm³/mol. The van der Waals surface area contributed by atoms with Crippen LogP contribution in [0.3, 0.4) is 0 Å². The molecule has 1 heteroatoms. The maximum Gasteiger partial charge on any atom is 0.0426 e. The van der Waals surface area contributed by atoms with Gasteiger partial charge in [-0.2, -0.15) is 0 Å². The lowest BCUT2D eigenvalue weighted by Gasteiger charge is -2.05. The van der Waals surface area contributed by atoms with Crippen molar-refractivity contribution < 1.29 is 0 Å². The summed E-state index contributed by atoms with van der Waals surface area (Å²) in [6.45, 7) is 4.44. The Hall–Kier alpha value is -1.34. The number of benzene rings is 2. The van der Waals surface area contributed by atoms with Crippen molar-refractivity contribution in [3.05, 3.63) is 59.7 Å². The van der Waals surface area contributed by atoms with E-state index in [9.17, 15) is 0 Å². The predicted octanol–water partition coefficient (Wildman–Crippen LogP) is 4.56. The highest BCUT2D eigenvalue weighted by atomic mass is 28.2. The highest BCUT2D eigenvalue weighted by molar-refractivity contribution is 6.34. The van der Waals surface area contributed by atoms with E-state index in [4.69, 9.17) is 0 Å². The van der Waals surface area contributed by atoms with E-state index in [-0.39, 0.29) is 0 Å². The van der Waals surface area contributed by atoms with Crippen molar-refractivity contribution in [3.63, 3.8) is 0 Å². The summed E-state index contributed by atoms with van der Waals surface area (Å²) < 4.78 is 0. The fraction of sp³-hybridized carbons (Fsp3) is 0.294. The molecule has 0 aliphatic carbocycles. The summed E-state index contributed by atoms with van der Waals surface area (Å²) in [7, 11) is 1.05. The Labute approximate surface area is 113 Å². The summed E-state index contributed by atoms with van der Waals surface area (Å²) in [6, 6.07) is 20.4. The Morgan fingerprint density at radius 1 is 0.722 bits per heavy atom. The molecule has 0 amide bonds. The summed E-state index contributed by atoms with van der Waals surface area (Å²) >= 11 is 0. The van der Waals surface area contributed by atoms with E-state index in [1.165, 1.54) is 34.3 Å². The van der Waals surface area contributed by atoms with E-state index < -0.39 is 0 Å². The molecule has 0 nitrogen and oxygen atoms in total. The van der Waals surface area contributed by atoms with Crippen molar-refractivity contribution >= 4 is 9.52 Å². The van der Waals surface area contributed by atoms with Gasteiger partial charge in [0, 0.05) is 9.52 Å². The van der Waals surface area contributed by atoms with E-state index in [2.05, 4.69) is 62.4 Å². The van der Waals surface area contributed by atoms with E-state index in [0.29, 0.717) is 0 Å². The van der Waals surface area contributed by atoms with Crippen molar-refractivity contribution in [1.82, 2.24) is 0 Å². The minimum Gasteiger partial charge on any atom is -0.0682 e. The molecule has 0 atom stereocenters. The lowest BCUT2D eigenvalue weighted by Crippen LogP contribution is -1.93. The van der Waals surface area contributed by atoms with Crippen molar-refractivity contribution in [2.45, 2.75) is 32.4 Å². The van der Waals surface area contributed by atoms with Gasteiger partial charge >= 0.3 is 0 Å². The Balaban J connectivity index is 2.12. The third-order valence-corrected chi connectivity index (χ3v) is 4.39. The molecular weight excluding hydrogens is 232 g/mol. The SMILES string of the molecule is CC[Si]Cc1ccc(-c2ccc(CC)cc2)cc1. The standard InChI is InChI=1S/C17H20Si/c1-3-14-5-9-16(10-6-14)17-11-7-15(8-12-17)13-18-4-2/h5-12H,3-4,13H2,1-2H3. The molecule has 0 aliphatic heterocycles. The Kier molecular flexibility index (Phi) is 4.77. The van der Waals surface area contributed by atoms with Crippen LogP contribution in [0.25, 0.3) is 11.1 Å². The minimum absolute atomic E-state index is 1.05. The molecule has 0 N–H and O–H groups in total. The van der Waals surface area contributed by atoms with Crippen LogP contribution in [-0.4, -0.2) is 9.52 Å². The van der Waals surface area contributed by atoms with Crippen LogP contribution in [-0.2, 0) is 12.5 Å². The van der Waals surface area contributed by atoms with Crippen LogP contribution in [0.4, 0.5) is 0 Å². The fourth-order valence-electron chi connectivity index (χ4n) is 2.02. The van der Waals surface area contributed by atoms with E-state index >= 15 is 0 Å². The minimum atomic E-state index is 1.05. The maximum absolute atomic E-state index is 2.27. The summed E-state index contributed by atoms with van der Waals surface area (Å²) in [5.41, 5.74) is 5.50. The third-order valence-electron chi connectivity index (χ3n) is 3.23. The van der Waals surface area contributed by atoms with Gasteiger partial charge < -0.3 is 0 Å². The number of hydrogen-bond acceptors (Lipinski definition) is 0. The average Bonchev–Trinajstić information content (AvgIpc) is 2.46. The van der Waals surface area contributed by atoms with Gasteiger partial charge in [-0.15, -0.1) is 0 Å². The zero-order valence-electron chi connectivity index (χ0n) is 11.2. The largest absolute Gasteiger partial charge is 0.0682 e. The van der Waals surface area contributed by atoms with E-state index in [1.54, 1.807) is 0 Å². The maximum atomic E-state index is 2.27. The molecule has 0 heterocycles. The summed E-state index contributed by atoms with van der Waals surface area (Å²) in [6.07, 6.45) is 1.11. The lowest BCUT2D eigenvalue weighted by molar-refractivity contribution is 1.14. The van der Waals surface area contributed by atoms with Gasteiger partial charge in [0.05, 0.1) is 0 Å². The molecule has 0 fully saturated rings. The van der Waals surface area contributed by atoms with E-state index in [1.807, 2.05) is 0 Å². The van der Waals surface area contributed by atoms with Crippen LogP contribution < -0.4 is 0 Å². The number of rotatable bonds is 5. The van der Waals surface area contributed by atoms with Gasteiger partial charge in [-0.3, -0.25) is 0 Å². The highest BCUT2D eigenvalue weighted by Gasteiger charge is 1.98. The van der Waals surface area contributed by atoms with Gasteiger partial charge in [0.25, 0.3) is 0 Å². The van der Waals surface area contributed by atoms with Crippen molar-refractivity contribution in [1.29, 1.82) is 0 Å². The highest BCUT2D eigenvalue weighted by Crippen LogP contribution is 2.20. The molecule has 0 unspecified atom stereocenters. The number of hydrogen-bond donors (Lipinski definition) is 0. The third kappa shape index (κ3) is 3.33. The zero-order valence-corrected chi connectivity index (χ0v) is 12.2. The smallest absolute Gasteiger partial charge is 0.0426 e. The molecule has 2 rings (SSSR count). The molecule has 92 valence electrons.